The Labute approximate surface area is 276 Å². The van der Waals surface area contributed by atoms with E-state index in [1.54, 1.807) is 11.3 Å². The van der Waals surface area contributed by atoms with Gasteiger partial charge in [0.05, 0.1) is 4.88 Å². The minimum absolute atomic E-state index is 0.655. The summed E-state index contributed by atoms with van der Waals surface area (Å²) < 4.78 is 1.21. The highest BCUT2D eigenvalue weighted by Crippen LogP contribution is 2.37. The highest BCUT2D eigenvalue weighted by atomic mass is 32.1. The van der Waals surface area contributed by atoms with Gasteiger partial charge in [0.25, 0.3) is 0 Å². The highest BCUT2D eigenvalue weighted by Gasteiger charge is 2.16. The molecule has 0 amide bonds. The van der Waals surface area contributed by atoms with Crippen molar-refractivity contribution in [2.45, 2.75) is 0 Å². The van der Waals surface area contributed by atoms with Gasteiger partial charge in [-0.2, -0.15) is 0 Å². The molecule has 0 unspecified atom stereocenters. The maximum absolute atomic E-state index is 5.06. The molecular formula is C43H27N3S. The van der Waals surface area contributed by atoms with Crippen LogP contribution in [-0.2, 0) is 0 Å². The van der Waals surface area contributed by atoms with Crippen LogP contribution in [0.5, 0.6) is 0 Å². The van der Waals surface area contributed by atoms with E-state index in [2.05, 4.69) is 158 Å². The first kappa shape index (κ1) is 27.3. The summed E-state index contributed by atoms with van der Waals surface area (Å²) in [6, 6.07) is 57.6. The minimum Gasteiger partial charge on any atom is -0.208 e. The van der Waals surface area contributed by atoms with E-state index >= 15 is 0 Å². The summed E-state index contributed by atoms with van der Waals surface area (Å²) in [7, 11) is 0. The van der Waals surface area contributed by atoms with Gasteiger partial charge in [-0.05, 0) is 73.5 Å². The lowest BCUT2D eigenvalue weighted by molar-refractivity contribution is 1.08. The van der Waals surface area contributed by atoms with E-state index in [9.17, 15) is 0 Å². The molecule has 220 valence electrons. The van der Waals surface area contributed by atoms with Crippen molar-refractivity contribution in [2.24, 2.45) is 0 Å². The van der Waals surface area contributed by atoms with E-state index < -0.39 is 0 Å². The van der Waals surface area contributed by atoms with Crippen molar-refractivity contribution in [3.05, 3.63) is 164 Å². The molecule has 0 aliphatic rings. The summed E-state index contributed by atoms with van der Waals surface area (Å²) >= 11 is 1.71. The zero-order chi connectivity index (χ0) is 31.2. The van der Waals surface area contributed by atoms with Gasteiger partial charge in [0, 0.05) is 15.8 Å². The van der Waals surface area contributed by atoms with Gasteiger partial charge in [0.1, 0.15) is 0 Å². The van der Waals surface area contributed by atoms with Crippen molar-refractivity contribution in [2.75, 3.05) is 0 Å². The lowest BCUT2D eigenvalue weighted by Crippen LogP contribution is -1.99. The molecule has 2 aromatic heterocycles. The van der Waals surface area contributed by atoms with Crippen molar-refractivity contribution in [3.8, 4) is 55.7 Å². The fourth-order valence-corrected chi connectivity index (χ4v) is 7.39. The van der Waals surface area contributed by atoms with Crippen LogP contribution in [0.3, 0.4) is 0 Å². The van der Waals surface area contributed by atoms with E-state index in [1.807, 2.05) is 6.07 Å². The fraction of sp³-hybridized carbons (Fsp3) is 0. The van der Waals surface area contributed by atoms with Gasteiger partial charge in [0.15, 0.2) is 17.5 Å². The van der Waals surface area contributed by atoms with Crippen molar-refractivity contribution >= 4 is 43.0 Å². The van der Waals surface area contributed by atoms with E-state index in [0.29, 0.717) is 17.5 Å². The van der Waals surface area contributed by atoms with Crippen LogP contribution in [0.25, 0.3) is 87.4 Å². The van der Waals surface area contributed by atoms with E-state index in [1.165, 1.54) is 37.2 Å². The zero-order valence-corrected chi connectivity index (χ0v) is 26.2. The third-order valence-electron chi connectivity index (χ3n) is 8.73. The molecule has 2 heterocycles. The highest BCUT2D eigenvalue weighted by molar-refractivity contribution is 7.22. The Hall–Kier alpha value is -5.97. The fourth-order valence-electron chi connectivity index (χ4n) is 6.40. The third-order valence-corrected chi connectivity index (χ3v) is 9.84. The largest absolute Gasteiger partial charge is 0.208 e. The molecule has 0 N–H and O–H groups in total. The second kappa shape index (κ2) is 11.4. The molecule has 4 heteroatoms. The number of hydrogen-bond acceptors (Lipinski definition) is 4. The lowest BCUT2D eigenvalue weighted by Gasteiger charge is -2.12. The summed E-state index contributed by atoms with van der Waals surface area (Å²) in [5.74, 6) is 1.99. The first-order chi connectivity index (χ1) is 23.3. The van der Waals surface area contributed by atoms with Crippen LogP contribution in [0.4, 0.5) is 0 Å². The first-order valence-corrected chi connectivity index (χ1v) is 16.5. The Morgan fingerprint density at radius 2 is 0.936 bits per heavy atom. The SMILES string of the molecule is c1ccc(-c2cccc(-c3nc(-c4ccc(-c5cc6ccccc6c6ccccc56)cc4)nc(-c4cc5ccccc5s4)n3)c2)cc1. The summed E-state index contributed by atoms with van der Waals surface area (Å²) in [5.41, 5.74) is 6.56. The van der Waals surface area contributed by atoms with Crippen LogP contribution >= 0.6 is 11.3 Å². The Balaban J connectivity index is 1.18. The monoisotopic (exact) mass is 617 g/mol. The molecule has 0 saturated heterocycles. The summed E-state index contributed by atoms with van der Waals surface area (Å²) in [6.07, 6.45) is 0. The second-order valence-electron chi connectivity index (χ2n) is 11.7. The van der Waals surface area contributed by atoms with Crippen LogP contribution in [0.15, 0.2) is 164 Å². The smallest absolute Gasteiger partial charge is 0.174 e. The van der Waals surface area contributed by atoms with Gasteiger partial charge in [-0.3, -0.25) is 0 Å². The second-order valence-corrected chi connectivity index (χ2v) is 12.8. The molecule has 9 rings (SSSR count). The van der Waals surface area contributed by atoms with Gasteiger partial charge in [0.2, 0.25) is 0 Å². The quantitative estimate of drug-likeness (QED) is 0.180. The maximum Gasteiger partial charge on any atom is 0.174 e. The summed E-state index contributed by atoms with van der Waals surface area (Å²) in [5, 5.41) is 6.20. The summed E-state index contributed by atoms with van der Waals surface area (Å²) in [4.78, 5) is 16.2. The molecule has 0 aliphatic heterocycles. The lowest BCUT2D eigenvalue weighted by atomic mass is 9.93. The van der Waals surface area contributed by atoms with Crippen LogP contribution < -0.4 is 0 Å². The molecule has 0 fully saturated rings. The molecule has 0 atom stereocenters. The van der Waals surface area contributed by atoms with Gasteiger partial charge in [-0.15, -0.1) is 11.3 Å². The molecule has 0 spiro atoms. The van der Waals surface area contributed by atoms with Gasteiger partial charge in [-0.25, -0.2) is 15.0 Å². The minimum atomic E-state index is 0.655. The van der Waals surface area contributed by atoms with Crippen LogP contribution in [-0.4, -0.2) is 15.0 Å². The molecule has 0 aliphatic carbocycles. The average Bonchev–Trinajstić information content (AvgIpc) is 3.60. The number of benzene rings is 7. The number of fused-ring (bicyclic) bond motifs is 4. The Morgan fingerprint density at radius 1 is 0.340 bits per heavy atom. The third kappa shape index (κ3) is 5.05. The number of nitrogens with zero attached hydrogens (tertiary/aromatic N) is 3. The Kier molecular flexibility index (Phi) is 6.65. The van der Waals surface area contributed by atoms with Crippen LogP contribution in [0.2, 0.25) is 0 Å². The Bertz CT molecular complexity index is 2540. The first-order valence-electron chi connectivity index (χ1n) is 15.7. The number of aromatic nitrogens is 3. The molecule has 47 heavy (non-hydrogen) atoms. The van der Waals surface area contributed by atoms with Gasteiger partial charge >= 0.3 is 0 Å². The predicted octanol–water partition coefficient (Wildman–Crippen LogP) is 11.7. The Morgan fingerprint density at radius 3 is 1.74 bits per heavy atom. The van der Waals surface area contributed by atoms with Gasteiger partial charge in [-0.1, -0.05) is 140 Å². The van der Waals surface area contributed by atoms with Crippen molar-refractivity contribution in [1.82, 2.24) is 15.0 Å². The van der Waals surface area contributed by atoms with E-state index in [4.69, 9.17) is 15.0 Å². The average molecular weight is 618 g/mol. The summed E-state index contributed by atoms with van der Waals surface area (Å²) in [6.45, 7) is 0. The molecule has 0 bridgehead atoms. The molecule has 9 aromatic rings. The molecule has 3 nitrogen and oxygen atoms in total. The topological polar surface area (TPSA) is 38.7 Å². The zero-order valence-electron chi connectivity index (χ0n) is 25.3. The van der Waals surface area contributed by atoms with Crippen molar-refractivity contribution in [3.63, 3.8) is 0 Å². The van der Waals surface area contributed by atoms with Crippen molar-refractivity contribution in [1.29, 1.82) is 0 Å². The maximum atomic E-state index is 5.06. The number of thiophene rings is 1. The molecule has 0 saturated carbocycles. The van der Waals surface area contributed by atoms with Crippen LogP contribution in [0.1, 0.15) is 0 Å². The molecule has 0 radical (unpaired) electrons. The molecule has 7 aromatic carbocycles. The standard InChI is InChI=1S/C43H27N3S/c1-2-11-28(12-3-1)31-15-10-16-34(25-31)42-44-41(45-43(46-42)40-27-33-14-5-9-20-39(33)47-40)30-23-21-29(22-24-30)38-26-32-13-4-6-17-35(32)36-18-7-8-19-37(36)38/h1-27H. The van der Waals surface area contributed by atoms with E-state index in [0.717, 1.165) is 32.7 Å². The molecular weight excluding hydrogens is 591 g/mol. The predicted molar refractivity (Wildman–Crippen MR) is 197 cm³/mol. The van der Waals surface area contributed by atoms with E-state index in [-0.39, 0.29) is 0 Å². The number of hydrogen-bond donors (Lipinski definition) is 0. The number of rotatable bonds is 5. The van der Waals surface area contributed by atoms with Crippen LogP contribution in [0, 0.1) is 0 Å². The van der Waals surface area contributed by atoms with Crippen molar-refractivity contribution < 1.29 is 0 Å². The normalized spacial score (nSPS) is 11.4. The van der Waals surface area contributed by atoms with Gasteiger partial charge < -0.3 is 0 Å².